The van der Waals surface area contributed by atoms with Crippen molar-refractivity contribution in [3.63, 3.8) is 0 Å². The first-order valence-corrected chi connectivity index (χ1v) is 10.6. The highest BCUT2D eigenvalue weighted by Gasteiger charge is 2.12. The molecular weight excluding hydrogens is 423 g/mol. The van der Waals surface area contributed by atoms with Crippen LogP contribution in [0.2, 0.25) is 10.0 Å². The first-order chi connectivity index (χ1) is 14.5. The molecule has 0 aliphatic heterocycles. The standard InChI is InChI=1S/C23H24Cl2N2O3/c1-16(17-6-3-2-4-7-17)29-13-5-12-26-22(28)10-11-23-27-15-21(30-23)19-9-8-18(24)14-20(19)25/h2-4,6-9,14-16H,5,10-13H2,1H3,(H,26,28). The summed E-state index contributed by atoms with van der Waals surface area (Å²) in [4.78, 5) is 16.3. The fourth-order valence-corrected chi connectivity index (χ4v) is 3.43. The third-order valence-electron chi connectivity index (χ3n) is 4.60. The summed E-state index contributed by atoms with van der Waals surface area (Å²) < 4.78 is 11.5. The van der Waals surface area contributed by atoms with Crippen LogP contribution in [0.5, 0.6) is 0 Å². The van der Waals surface area contributed by atoms with E-state index in [4.69, 9.17) is 32.4 Å². The lowest BCUT2D eigenvalue weighted by Crippen LogP contribution is -2.25. The molecule has 0 spiro atoms. The largest absolute Gasteiger partial charge is 0.441 e. The zero-order valence-corrected chi connectivity index (χ0v) is 18.2. The molecule has 2 aromatic carbocycles. The van der Waals surface area contributed by atoms with Gasteiger partial charge in [-0.1, -0.05) is 53.5 Å². The van der Waals surface area contributed by atoms with E-state index in [-0.39, 0.29) is 12.0 Å². The van der Waals surface area contributed by atoms with E-state index in [0.29, 0.717) is 53.3 Å². The average molecular weight is 447 g/mol. The maximum atomic E-state index is 12.0. The van der Waals surface area contributed by atoms with E-state index in [1.807, 2.05) is 37.3 Å². The lowest BCUT2D eigenvalue weighted by atomic mass is 10.1. The number of benzene rings is 2. The van der Waals surface area contributed by atoms with E-state index in [0.717, 1.165) is 12.0 Å². The zero-order valence-electron chi connectivity index (χ0n) is 16.7. The number of oxazole rings is 1. The van der Waals surface area contributed by atoms with Crippen molar-refractivity contribution in [2.45, 2.75) is 32.3 Å². The normalized spacial score (nSPS) is 12.0. The highest BCUT2D eigenvalue weighted by molar-refractivity contribution is 6.36. The number of ether oxygens (including phenoxy) is 1. The number of rotatable bonds is 10. The zero-order chi connectivity index (χ0) is 21.3. The predicted octanol–water partition coefficient (Wildman–Crippen LogP) is 5.87. The lowest BCUT2D eigenvalue weighted by molar-refractivity contribution is -0.121. The molecular formula is C23H24Cl2N2O3. The Morgan fingerprint density at radius 1 is 1.20 bits per heavy atom. The van der Waals surface area contributed by atoms with Crippen molar-refractivity contribution >= 4 is 29.1 Å². The Kier molecular flexibility index (Phi) is 8.31. The van der Waals surface area contributed by atoms with Crippen LogP contribution in [0.25, 0.3) is 11.3 Å². The van der Waals surface area contributed by atoms with Crippen LogP contribution in [0.4, 0.5) is 0 Å². The Bertz CT molecular complexity index is 960. The number of amides is 1. The molecule has 0 aliphatic rings. The third-order valence-corrected chi connectivity index (χ3v) is 5.14. The summed E-state index contributed by atoms with van der Waals surface area (Å²) in [5.74, 6) is 0.998. The van der Waals surface area contributed by atoms with E-state index in [9.17, 15) is 4.79 Å². The van der Waals surface area contributed by atoms with Crippen LogP contribution in [-0.4, -0.2) is 24.0 Å². The smallest absolute Gasteiger partial charge is 0.220 e. The second-order valence-electron chi connectivity index (χ2n) is 6.87. The number of carbonyl (C=O) groups is 1. The van der Waals surface area contributed by atoms with Gasteiger partial charge in [0.15, 0.2) is 11.7 Å². The minimum atomic E-state index is -0.0459. The Labute approximate surface area is 186 Å². The van der Waals surface area contributed by atoms with Gasteiger partial charge >= 0.3 is 0 Å². The van der Waals surface area contributed by atoms with E-state index < -0.39 is 0 Å². The van der Waals surface area contributed by atoms with Gasteiger partial charge in [0.05, 0.1) is 17.3 Å². The number of halogens is 2. The van der Waals surface area contributed by atoms with Crippen molar-refractivity contribution in [2.24, 2.45) is 0 Å². The molecule has 158 valence electrons. The Balaban J connectivity index is 1.35. The number of hydrogen-bond donors (Lipinski definition) is 1. The fourth-order valence-electron chi connectivity index (χ4n) is 2.93. The maximum Gasteiger partial charge on any atom is 0.220 e. The Morgan fingerprint density at radius 2 is 2.00 bits per heavy atom. The molecule has 0 radical (unpaired) electrons. The van der Waals surface area contributed by atoms with Gasteiger partial charge in [0.1, 0.15) is 0 Å². The van der Waals surface area contributed by atoms with Crippen LogP contribution in [0.1, 0.15) is 37.3 Å². The van der Waals surface area contributed by atoms with Gasteiger partial charge in [-0.3, -0.25) is 4.79 Å². The van der Waals surface area contributed by atoms with Crippen LogP contribution >= 0.6 is 23.2 Å². The molecule has 0 aliphatic carbocycles. The maximum absolute atomic E-state index is 12.0. The molecule has 30 heavy (non-hydrogen) atoms. The van der Waals surface area contributed by atoms with Crippen LogP contribution in [0, 0.1) is 0 Å². The summed E-state index contributed by atoms with van der Waals surface area (Å²) in [6.07, 6.45) is 3.11. The summed E-state index contributed by atoms with van der Waals surface area (Å²) in [5, 5.41) is 3.94. The number of aromatic nitrogens is 1. The van der Waals surface area contributed by atoms with Gasteiger partial charge in [-0.2, -0.15) is 0 Å². The minimum absolute atomic E-state index is 0.0373. The molecule has 1 unspecified atom stereocenters. The summed E-state index contributed by atoms with van der Waals surface area (Å²) >= 11 is 12.1. The van der Waals surface area contributed by atoms with Gasteiger partial charge in [-0.15, -0.1) is 0 Å². The number of hydrogen-bond acceptors (Lipinski definition) is 4. The van der Waals surface area contributed by atoms with Gasteiger partial charge < -0.3 is 14.5 Å². The van der Waals surface area contributed by atoms with Gasteiger partial charge in [0.2, 0.25) is 5.91 Å². The molecule has 1 N–H and O–H groups in total. The van der Waals surface area contributed by atoms with E-state index >= 15 is 0 Å². The number of nitrogens with zero attached hydrogens (tertiary/aromatic N) is 1. The number of carbonyl (C=O) groups excluding carboxylic acids is 1. The minimum Gasteiger partial charge on any atom is -0.441 e. The molecule has 1 heterocycles. The molecule has 0 saturated heterocycles. The Hall–Kier alpha value is -2.34. The van der Waals surface area contributed by atoms with Crippen LogP contribution in [0.3, 0.4) is 0 Å². The van der Waals surface area contributed by atoms with Crippen molar-refractivity contribution in [1.82, 2.24) is 10.3 Å². The molecule has 1 amide bonds. The molecule has 3 aromatic rings. The second-order valence-corrected chi connectivity index (χ2v) is 7.71. The van der Waals surface area contributed by atoms with Crippen molar-refractivity contribution < 1.29 is 13.9 Å². The quantitative estimate of drug-likeness (QED) is 0.395. The first kappa shape index (κ1) is 22.3. The predicted molar refractivity (Wildman–Crippen MR) is 119 cm³/mol. The van der Waals surface area contributed by atoms with Gasteiger partial charge in [-0.05, 0) is 37.1 Å². The molecule has 0 fully saturated rings. The highest BCUT2D eigenvalue weighted by atomic mass is 35.5. The van der Waals surface area contributed by atoms with Crippen LogP contribution in [0.15, 0.2) is 59.1 Å². The van der Waals surface area contributed by atoms with Crippen molar-refractivity contribution in [3.8, 4) is 11.3 Å². The van der Waals surface area contributed by atoms with Crippen molar-refractivity contribution in [1.29, 1.82) is 0 Å². The van der Waals surface area contributed by atoms with Gasteiger partial charge in [0.25, 0.3) is 0 Å². The molecule has 1 atom stereocenters. The highest BCUT2D eigenvalue weighted by Crippen LogP contribution is 2.30. The monoisotopic (exact) mass is 446 g/mol. The second kappa shape index (κ2) is 11.2. The SMILES string of the molecule is CC(OCCCNC(=O)CCc1ncc(-c2ccc(Cl)cc2Cl)o1)c1ccccc1. The molecule has 1 aromatic heterocycles. The average Bonchev–Trinajstić information content (AvgIpc) is 3.21. The van der Waals surface area contributed by atoms with Gasteiger partial charge in [-0.25, -0.2) is 4.98 Å². The molecule has 5 nitrogen and oxygen atoms in total. The molecule has 7 heteroatoms. The first-order valence-electron chi connectivity index (χ1n) is 9.86. The summed E-state index contributed by atoms with van der Waals surface area (Å²) in [5.41, 5.74) is 1.86. The number of aryl methyl sites for hydroxylation is 1. The summed E-state index contributed by atoms with van der Waals surface area (Å²) in [7, 11) is 0. The summed E-state index contributed by atoms with van der Waals surface area (Å²) in [6.45, 7) is 3.18. The fraction of sp³-hybridized carbons (Fsp3) is 0.304. The van der Waals surface area contributed by atoms with E-state index in [2.05, 4.69) is 10.3 Å². The van der Waals surface area contributed by atoms with Crippen molar-refractivity contribution in [2.75, 3.05) is 13.2 Å². The molecule has 3 rings (SSSR count). The third kappa shape index (κ3) is 6.59. The topological polar surface area (TPSA) is 64.4 Å². The molecule has 0 saturated carbocycles. The van der Waals surface area contributed by atoms with E-state index in [1.165, 1.54) is 0 Å². The van der Waals surface area contributed by atoms with E-state index in [1.54, 1.807) is 24.4 Å². The van der Waals surface area contributed by atoms with Gasteiger partial charge in [0, 0.05) is 36.6 Å². The lowest BCUT2D eigenvalue weighted by Gasteiger charge is -2.13. The number of nitrogens with one attached hydrogen (secondary N) is 1. The molecule has 0 bridgehead atoms. The van der Waals surface area contributed by atoms with Crippen LogP contribution in [-0.2, 0) is 16.0 Å². The summed E-state index contributed by atoms with van der Waals surface area (Å²) in [6, 6.07) is 15.2. The van der Waals surface area contributed by atoms with Crippen LogP contribution < -0.4 is 5.32 Å². The Morgan fingerprint density at radius 3 is 2.77 bits per heavy atom. The van der Waals surface area contributed by atoms with Crippen molar-refractivity contribution in [3.05, 3.63) is 76.2 Å².